The first-order chi connectivity index (χ1) is 16.9. The second-order valence-electron chi connectivity index (χ2n) is 8.57. The number of nitrogens with zero attached hydrogens (tertiary/aromatic N) is 3. The molecule has 0 saturated heterocycles. The van der Waals surface area contributed by atoms with Crippen molar-refractivity contribution in [1.29, 1.82) is 0 Å². The monoisotopic (exact) mass is 471 g/mol. The molecule has 3 aromatic carbocycles. The third kappa shape index (κ3) is 4.45. The van der Waals surface area contributed by atoms with E-state index in [-0.39, 0.29) is 11.1 Å². The summed E-state index contributed by atoms with van der Waals surface area (Å²) in [5.41, 5.74) is 4.80. The maximum absolute atomic E-state index is 15.5. The van der Waals surface area contributed by atoms with Crippen LogP contribution in [0.15, 0.2) is 79.1 Å². The minimum atomic E-state index is -1.18. The Hall–Kier alpha value is -4.26. The van der Waals surface area contributed by atoms with Gasteiger partial charge in [0.15, 0.2) is 0 Å². The second kappa shape index (κ2) is 9.18. The number of para-hydroxylation sites is 1. The molecule has 35 heavy (non-hydrogen) atoms. The number of benzene rings is 3. The molecule has 1 atom stereocenters. The van der Waals surface area contributed by atoms with Gasteiger partial charge >= 0.3 is 5.97 Å². The van der Waals surface area contributed by atoms with Crippen molar-refractivity contribution < 1.29 is 18.7 Å². The first-order valence-corrected chi connectivity index (χ1v) is 11.2. The van der Waals surface area contributed by atoms with Crippen LogP contribution in [0, 0.1) is 11.6 Å². The highest BCUT2D eigenvalue weighted by Crippen LogP contribution is 2.41. The van der Waals surface area contributed by atoms with Crippen molar-refractivity contribution in [3.05, 3.63) is 113 Å². The number of carboxylic acid groups (broad SMARTS) is 1. The van der Waals surface area contributed by atoms with Gasteiger partial charge in [0.05, 0.1) is 17.8 Å². The Morgan fingerprint density at radius 2 is 1.80 bits per heavy atom. The Labute approximate surface area is 201 Å². The number of aromatic nitrogens is 2. The van der Waals surface area contributed by atoms with Crippen molar-refractivity contribution >= 4 is 17.7 Å². The predicted octanol–water partition coefficient (Wildman–Crippen LogP) is 5.62. The number of carbonyl (C=O) groups is 1. The molecule has 1 unspecified atom stereocenters. The molecule has 1 N–H and O–H groups in total. The van der Waals surface area contributed by atoms with Crippen LogP contribution in [0.25, 0.3) is 17.2 Å². The quantitative estimate of drug-likeness (QED) is 0.384. The summed E-state index contributed by atoms with van der Waals surface area (Å²) in [6.45, 7) is 0.581. The Morgan fingerprint density at radius 1 is 1.06 bits per heavy atom. The van der Waals surface area contributed by atoms with Crippen LogP contribution >= 0.6 is 0 Å². The van der Waals surface area contributed by atoms with E-state index in [4.69, 9.17) is 5.11 Å². The predicted molar refractivity (Wildman–Crippen MR) is 131 cm³/mol. The number of fused-ring (bicyclic) bond motifs is 1. The van der Waals surface area contributed by atoms with E-state index in [0.29, 0.717) is 6.54 Å². The molecule has 7 heteroatoms. The third-order valence-electron chi connectivity index (χ3n) is 6.29. The summed E-state index contributed by atoms with van der Waals surface area (Å²) in [6, 6.07) is 17.2. The minimum Gasteiger partial charge on any atom is -0.478 e. The molecule has 5 nitrogen and oxygen atoms in total. The number of anilines is 1. The van der Waals surface area contributed by atoms with Gasteiger partial charge in [-0.25, -0.2) is 13.6 Å². The molecule has 0 bridgehead atoms. The molecule has 2 heterocycles. The van der Waals surface area contributed by atoms with Gasteiger partial charge in [0, 0.05) is 37.1 Å². The zero-order valence-electron chi connectivity index (χ0n) is 19.0. The molecule has 0 saturated carbocycles. The van der Waals surface area contributed by atoms with Gasteiger partial charge in [-0.1, -0.05) is 36.4 Å². The number of rotatable bonds is 5. The summed E-state index contributed by atoms with van der Waals surface area (Å²) in [5, 5.41) is 13.1. The molecule has 5 rings (SSSR count). The number of halogens is 2. The molecule has 1 aromatic heterocycles. The van der Waals surface area contributed by atoms with Gasteiger partial charge in [0.2, 0.25) is 0 Å². The highest BCUT2D eigenvalue weighted by Gasteiger charge is 2.33. The number of carboxylic acids is 1. The fourth-order valence-electron chi connectivity index (χ4n) is 4.71. The van der Waals surface area contributed by atoms with Gasteiger partial charge in [0.25, 0.3) is 0 Å². The van der Waals surface area contributed by atoms with E-state index in [2.05, 4.69) is 11.2 Å². The van der Waals surface area contributed by atoms with E-state index < -0.39 is 23.6 Å². The van der Waals surface area contributed by atoms with Crippen LogP contribution in [0.3, 0.4) is 0 Å². The lowest BCUT2D eigenvalue weighted by molar-refractivity contribution is -0.131. The fraction of sp³-hybridized carbons (Fsp3) is 0.143. The van der Waals surface area contributed by atoms with Gasteiger partial charge in [-0.05, 0) is 59.0 Å². The van der Waals surface area contributed by atoms with E-state index in [1.165, 1.54) is 18.2 Å². The van der Waals surface area contributed by atoms with Gasteiger partial charge in [0.1, 0.15) is 11.6 Å². The van der Waals surface area contributed by atoms with Gasteiger partial charge in [-0.3, -0.25) is 4.68 Å². The minimum absolute atomic E-state index is 0.0589. The molecule has 4 aromatic rings. The molecule has 0 aliphatic carbocycles. The van der Waals surface area contributed by atoms with Crippen LogP contribution in [0.1, 0.15) is 28.3 Å². The Morgan fingerprint density at radius 3 is 2.46 bits per heavy atom. The molecule has 0 radical (unpaired) electrons. The maximum Gasteiger partial charge on any atom is 0.328 e. The van der Waals surface area contributed by atoms with Crippen molar-refractivity contribution in [2.45, 2.75) is 12.5 Å². The van der Waals surface area contributed by atoms with Gasteiger partial charge in [-0.2, -0.15) is 5.10 Å². The smallest absolute Gasteiger partial charge is 0.328 e. The van der Waals surface area contributed by atoms with Crippen molar-refractivity contribution in [1.82, 2.24) is 9.78 Å². The van der Waals surface area contributed by atoms with Crippen LogP contribution in [-0.4, -0.2) is 27.4 Å². The molecule has 1 aliphatic heterocycles. The summed E-state index contributed by atoms with van der Waals surface area (Å²) in [7, 11) is 1.86. The first-order valence-electron chi connectivity index (χ1n) is 11.2. The Balaban J connectivity index is 1.64. The van der Waals surface area contributed by atoms with E-state index in [0.717, 1.165) is 40.4 Å². The normalized spacial score (nSPS) is 15.4. The standard InChI is InChI=1S/C28H23F2N3O2/c1-32-17-21(16-31-32)19-8-9-23-20(15-19)11-12-33(22-5-3-2-4-6-22)28(23)27-24(29)13-18(14-25(27)30)7-10-26(34)35/h2-10,13-17,28H,11-12H2,1H3,(H,34,35)/b10-7+. The molecule has 0 fully saturated rings. The highest BCUT2D eigenvalue weighted by atomic mass is 19.1. The summed E-state index contributed by atoms with van der Waals surface area (Å²) >= 11 is 0. The van der Waals surface area contributed by atoms with Crippen molar-refractivity contribution in [2.24, 2.45) is 7.05 Å². The van der Waals surface area contributed by atoms with Gasteiger partial charge < -0.3 is 10.0 Å². The average molecular weight is 472 g/mol. The number of aliphatic carboxylic acids is 1. The van der Waals surface area contributed by atoms with E-state index >= 15 is 8.78 Å². The largest absolute Gasteiger partial charge is 0.478 e. The van der Waals surface area contributed by atoms with Crippen LogP contribution in [0.5, 0.6) is 0 Å². The summed E-state index contributed by atoms with van der Waals surface area (Å²) < 4.78 is 32.7. The zero-order chi connectivity index (χ0) is 24.5. The molecular formula is C28H23F2N3O2. The molecule has 1 aliphatic rings. The highest BCUT2D eigenvalue weighted by molar-refractivity contribution is 5.85. The topological polar surface area (TPSA) is 58.4 Å². The molecular weight excluding hydrogens is 448 g/mol. The molecule has 0 amide bonds. The Bertz CT molecular complexity index is 1410. The second-order valence-corrected chi connectivity index (χ2v) is 8.57. The molecule has 176 valence electrons. The third-order valence-corrected chi connectivity index (χ3v) is 6.29. The summed E-state index contributed by atoms with van der Waals surface area (Å²) in [5.74, 6) is -2.62. The number of hydrogen-bond donors (Lipinski definition) is 1. The average Bonchev–Trinajstić information content (AvgIpc) is 3.29. The van der Waals surface area contributed by atoms with E-state index in [9.17, 15) is 4.79 Å². The van der Waals surface area contributed by atoms with Gasteiger partial charge in [-0.15, -0.1) is 0 Å². The fourth-order valence-corrected chi connectivity index (χ4v) is 4.71. The lowest BCUT2D eigenvalue weighted by atomic mass is 9.85. The van der Waals surface area contributed by atoms with Crippen LogP contribution in [-0.2, 0) is 18.3 Å². The Kier molecular flexibility index (Phi) is 5.91. The van der Waals surface area contributed by atoms with E-state index in [1.807, 2.05) is 60.6 Å². The van der Waals surface area contributed by atoms with Crippen molar-refractivity contribution in [3.63, 3.8) is 0 Å². The zero-order valence-corrected chi connectivity index (χ0v) is 19.0. The number of aryl methyl sites for hydroxylation is 1. The summed E-state index contributed by atoms with van der Waals surface area (Å²) in [4.78, 5) is 12.9. The number of hydrogen-bond acceptors (Lipinski definition) is 3. The van der Waals surface area contributed by atoms with Crippen molar-refractivity contribution in [3.8, 4) is 11.1 Å². The van der Waals surface area contributed by atoms with Crippen LogP contribution in [0.2, 0.25) is 0 Å². The van der Waals surface area contributed by atoms with Crippen molar-refractivity contribution in [2.75, 3.05) is 11.4 Å². The molecule has 0 spiro atoms. The summed E-state index contributed by atoms with van der Waals surface area (Å²) in [6.07, 6.45) is 6.49. The first kappa shape index (κ1) is 22.5. The van der Waals surface area contributed by atoms with Crippen LogP contribution in [0.4, 0.5) is 14.5 Å². The lowest BCUT2D eigenvalue weighted by Gasteiger charge is -2.40. The maximum atomic E-state index is 15.5. The van der Waals surface area contributed by atoms with E-state index in [1.54, 1.807) is 10.9 Å². The lowest BCUT2D eigenvalue weighted by Crippen LogP contribution is -2.37. The van der Waals surface area contributed by atoms with Crippen LogP contribution < -0.4 is 4.90 Å². The SMILES string of the molecule is Cn1cc(-c2ccc3c(c2)CCN(c2ccccc2)C3c2c(F)cc(/C=C/C(=O)O)cc2F)cn1.